The summed E-state index contributed by atoms with van der Waals surface area (Å²) in [7, 11) is 0. The average molecular weight is 466 g/mol. The first kappa shape index (κ1) is 22.9. The number of rotatable bonds is 5. The fourth-order valence-electron chi connectivity index (χ4n) is 3.54. The minimum atomic E-state index is -4.52. The first-order valence-electron chi connectivity index (χ1n) is 10.2. The molecule has 0 fully saturated rings. The molecule has 0 aromatic heterocycles. The fraction of sp³-hybridized carbons (Fsp3) is 0.160. The molecule has 1 amide bonds. The van der Waals surface area contributed by atoms with Crippen LogP contribution in [0.4, 0.5) is 18.9 Å². The van der Waals surface area contributed by atoms with Crippen LogP contribution in [0.5, 0.6) is 17.2 Å². The molecule has 1 aliphatic rings. The zero-order chi connectivity index (χ0) is 24.3. The van der Waals surface area contributed by atoms with Crippen molar-refractivity contribution in [2.75, 3.05) is 11.9 Å². The third-order valence-corrected chi connectivity index (χ3v) is 5.27. The Labute approximate surface area is 192 Å². The van der Waals surface area contributed by atoms with Crippen LogP contribution >= 0.6 is 0 Å². The van der Waals surface area contributed by atoms with Crippen molar-refractivity contribution in [3.63, 3.8) is 0 Å². The minimum absolute atomic E-state index is 0.0153. The number of carbonyl (C=O) groups is 2. The van der Waals surface area contributed by atoms with Crippen LogP contribution in [0.1, 0.15) is 39.4 Å². The number of nitrogens with zero attached hydrogens (tertiary/aromatic N) is 1. The van der Waals surface area contributed by atoms with Gasteiger partial charge in [-0.3, -0.25) is 4.79 Å². The third kappa shape index (κ3) is 4.86. The molecule has 6 nitrogen and oxygen atoms in total. The number of halogens is 3. The van der Waals surface area contributed by atoms with Crippen LogP contribution in [-0.2, 0) is 11.0 Å². The Hall–Kier alpha value is -4.32. The summed E-state index contributed by atoms with van der Waals surface area (Å²) in [5.74, 6) is 0.0865. The highest BCUT2D eigenvalue weighted by Crippen LogP contribution is 2.39. The number of hydrogen-bond donors (Lipinski definition) is 1. The van der Waals surface area contributed by atoms with Crippen molar-refractivity contribution in [3.8, 4) is 23.3 Å². The van der Waals surface area contributed by atoms with Crippen molar-refractivity contribution in [2.24, 2.45) is 0 Å². The predicted molar refractivity (Wildman–Crippen MR) is 116 cm³/mol. The van der Waals surface area contributed by atoms with E-state index in [-0.39, 0.29) is 28.5 Å². The van der Waals surface area contributed by atoms with Gasteiger partial charge in [0.25, 0.3) is 5.91 Å². The maximum atomic E-state index is 12.9. The van der Waals surface area contributed by atoms with E-state index in [4.69, 9.17) is 9.47 Å². The van der Waals surface area contributed by atoms with Crippen LogP contribution in [-0.4, -0.2) is 18.8 Å². The van der Waals surface area contributed by atoms with E-state index < -0.39 is 17.6 Å². The number of benzene rings is 3. The molecule has 3 aromatic carbocycles. The van der Waals surface area contributed by atoms with Crippen LogP contribution in [0, 0.1) is 11.3 Å². The topological polar surface area (TPSA) is 88.4 Å². The van der Waals surface area contributed by atoms with Gasteiger partial charge in [-0.1, -0.05) is 6.07 Å². The summed E-state index contributed by atoms with van der Waals surface area (Å²) in [5, 5.41) is 11.9. The van der Waals surface area contributed by atoms with Crippen molar-refractivity contribution in [2.45, 2.75) is 18.5 Å². The number of fused-ring (bicyclic) bond motifs is 1. The van der Waals surface area contributed by atoms with Gasteiger partial charge in [0.2, 0.25) is 0 Å². The molecule has 0 saturated carbocycles. The van der Waals surface area contributed by atoms with Crippen molar-refractivity contribution in [3.05, 3.63) is 82.9 Å². The van der Waals surface area contributed by atoms with Crippen LogP contribution in [0.25, 0.3) is 0 Å². The number of carbonyl (C=O) groups excluding carboxylic acids is 2. The van der Waals surface area contributed by atoms with Crippen LogP contribution in [0.3, 0.4) is 0 Å². The summed E-state index contributed by atoms with van der Waals surface area (Å²) in [6, 6.07) is 15.4. The van der Waals surface area contributed by atoms with Crippen molar-refractivity contribution in [1.82, 2.24) is 0 Å². The molecule has 0 saturated heterocycles. The summed E-state index contributed by atoms with van der Waals surface area (Å²) in [5.41, 5.74) is 0.208. The van der Waals surface area contributed by atoms with E-state index in [0.717, 1.165) is 18.4 Å². The molecule has 1 aliphatic heterocycles. The second kappa shape index (κ2) is 9.27. The maximum Gasteiger partial charge on any atom is 0.416 e. The van der Waals surface area contributed by atoms with Gasteiger partial charge in [0.15, 0.2) is 0 Å². The molecule has 1 heterocycles. The maximum absolute atomic E-state index is 12.9. The lowest BCUT2D eigenvalue weighted by Gasteiger charge is -2.23. The lowest BCUT2D eigenvalue weighted by Crippen LogP contribution is -2.15. The lowest BCUT2D eigenvalue weighted by molar-refractivity contribution is -0.137. The third-order valence-electron chi connectivity index (χ3n) is 5.27. The normalized spacial score (nSPS) is 14.8. The molecule has 4 rings (SSSR count). The Balaban J connectivity index is 1.50. The second-order valence-corrected chi connectivity index (χ2v) is 7.54. The van der Waals surface area contributed by atoms with E-state index in [9.17, 15) is 28.0 Å². The molecular formula is C25H17F3N2O4. The predicted octanol–water partition coefficient (Wildman–Crippen LogP) is 5.69. The Bertz CT molecular complexity index is 1280. The Morgan fingerprint density at radius 1 is 1.15 bits per heavy atom. The van der Waals surface area contributed by atoms with Crippen LogP contribution < -0.4 is 14.8 Å². The Morgan fingerprint density at radius 2 is 1.91 bits per heavy atom. The van der Waals surface area contributed by atoms with Gasteiger partial charge in [0, 0.05) is 28.8 Å². The molecule has 9 heteroatoms. The summed E-state index contributed by atoms with van der Waals surface area (Å²) in [6.07, 6.45) is -3.16. The van der Waals surface area contributed by atoms with Crippen molar-refractivity contribution >= 4 is 17.9 Å². The van der Waals surface area contributed by atoms with Crippen LogP contribution in [0.15, 0.2) is 60.7 Å². The summed E-state index contributed by atoms with van der Waals surface area (Å²) in [4.78, 5) is 23.8. The molecular weight excluding hydrogens is 449 g/mol. The largest absolute Gasteiger partial charge is 0.493 e. The van der Waals surface area contributed by atoms with E-state index >= 15 is 0 Å². The Morgan fingerprint density at radius 3 is 2.59 bits per heavy atom. The minimum Gasteiger partial charge on any atom is -0.493 e. The van der Waals surface area contributed by atoms with Gasteiger partial charge < -0.3 is 19.6 Å². The van der Waals surface area contributed by atoms with Gasteiger partial charge in [0.1, 0.15) is 29.6 Å². The average Bonchev–Trinajstić information content (AvgIpc) is 2.83. The summed E-state index contributed by atoms with van der Waals surface area (Å²) in [6.45, 7) is 0.372. The molecule has 0 spiro atoms. The first-order chi connectivity index (χ1) is 16.3. The van der Waals surface area contributed by atoms with Gasteiger partial charge >= 0.3 is 6.18 Å². The number of nitriles is 1. The number of alkyl halides is 3. The van der Waals surface area contributed by atoms with E-state index in [1.54, 1.807) is 12.1 Å². The van der Waals surface area contributed by atoms with Gasteiger partial charge in [-0.25, -0.2) is 0 Å². The van der Waals surface area contributed by atoms with Gasteiger partial charge in [-0.05, 0) is 55.0 Å². The SMILES string of the molecule is N#Cc1cc2c(cc1Oc1ccc(C(=O)Nc3cccc(C(F)(F)F)c3)cc1)OCCC2C=O. The fourth-order valence-corrected chi connectivity index (χ4v) is 3.54. The van der Waals surface area contributed by atoms with E-state index in [1.807, 2.05) is 6.07 Å². The highest BCUT2D eigenvalue weighted by Gasteiger charge is 2.30. The van der Waals surface area contributed by atoms with Gasteiger partial charge in [-0.2, -0.15) is 18.4 Å². The number of ether oxygens (including phenoxy) is 2. The molecule has 3 aromatic rings. The second-order valence-electron chi connectivity index (χ2n) is 7.54. The monoisotopic (exact) mass is 466 g/mol. The summed E-state index contributed by atoms with van der Waals surface area (Å²) < 4.78 is 50.0. The van der Waals surface area contributed by atoms with Crippen LogP contribution in [0.2, 0.25) is 0 Å². The van der Waals surface area contributed by atoms with E-state index in [0.29, 0.717) is 30.1 Å². The molecule has 34 heavy (non-hydrogen) atoms. The highest BCUT2D eigenvalue weighted by atomic mass is 19.4. The molecule has 0 bridgehead atoms. The Kier molecular flexibility index (Phi) is 6.23. The quantitative estimate of drug-likeness (QED) is 0.489. The van der Waals surface area contributed by atoms with E-state index in [2.05, 4.69) is 5.32 Å². The van der Waals surface area contributed by atoms with Crippen molar-refractivity contribution in [1.29, 1.82) is 5.26 Å². The number of nitrogens with one attached hydrogen (secondary N) is 1. The number of anilines is 1. The molecule has 1 unspecified atom stereocenters. The number of amides is 1. The standard InChI is InChI=1S/C25H17F3N2O4/c26-25(27,28)18-2-1-3-19(11-18)30-24(32)15-4-6-20(7-5-15)34-22-12-23-21(10-17(22)13-29)16(14-31)8-9-33-23/h1-7,10-12,14,16H,8-9H2,(H,30,32). The van der Waals surface area contributed by atoms with Gasteiger partial charge in [-0.15, -0.1) is 0 Å². The molecule has 1 atom stereocenters. The highest BCUT2D eigenvalue weighted by molar-refractivity contribution is 6.04. The summed E-state index contributed by atoms with van der Waals surface area (Å²) >= 11 is 0. The van der Waals surface area contributed by atoms with Crippen molar-refractivity contribution < 1.29 is 32.2 Å². The molecule has 0 aliphatic carbocycles. The molecule has 172 valence electrons. The number of aldehydes is 1. The first-order valence-corrected chi connectivity index (χ1v) is 10.2. The van der Waals surface area contributed by atoms with Gasteiger partial charge in [0.05, 0.1) is 17.7 Å². The zero-order valence-corrected chi connectivity index (χ0v) is 17.6. The smallest absolute Gasteiger partial charge is 0.416 e. The van der Waals surface area contributed by atoms with E-state index in [1.165, 1.54) is 36.4 Å². The molecule has 0 radical (unpaired) electrons. The zero-order valence-electron chi connectivity index (χ0n) is 17.6. The number of hydrogen-bond acceptors (Lipinski definition) is 5. The molecule has 1 N–H and O–H groups in total. The lowest BCUT2D eigenvalue weighted by atomic mass is 9.93.